The van der Waals surface area contributed by atoms with Gasteiger partial charge in [-0.25, -0.2) is 5.01 Å². The highest BCUT2D eigenvalue weighted by Gasteiger charge is 1.94. The monoisotopic (exact) mass is 172 g/mol. The number of hydrogen-bond donors (Lipinski definition) is 0. The molecule has 3 nitrogen and oxygen atoms in total. The van der Waals surface area contributed by atoms with Gasteiger partial charge in [0.1, 0.15) is 0 Å². The van der Waals surface area contributed by atoms with Crippen molar-refractivity contribution in [1.29, 1.82) is 0 Å². The average molecular weight is 172 g/mol. The van der Waals surface area contributed by atoms with Crippen molar-refractivity contribution in [3.05, 3.63) is 0 Å². The first kappa shape index (κ1) is 13.7. The predicted molar refractivity (Wildman–Crippen MR) is 53.2 cm³/mol. The Kier molecular flexibility index (Phi) is 11.6. The maximum Gasteiger partial charge on any atom is 0.239 e. The van der Waals surface area contributed by atoms with Gasteiger partial charge in [-0.3, -0.25) is 4.79 Å². The van der Waals surface area contributed by atoms with Gasteiger partial charge in [-0.05, 0) is 6.42 Å². The van der Waals surface area contributed by atoms with Gasteiger partial charge in [-0.15, -0.1) is 0 Å². The molecule has 0 saturated heterocycles. The Morgan fingerprint density at radius 1 is 1.50 bits per heavy atom. The Labute approximate surface area is 75.5 Å². The first-order valence-electron chi connectivity index (χ1n) is 4.45. The third-order valence-corrected chi connectivity index (χ3v) is 1.13. The second-order valence-corrected chi connectivity index (χ2v) is 2.13. The molecule has 0 aromatic heterocycles. The molecule has 0 aliphatic carbocycles. The van der Waals surface area contributed by atoms with E-state index in [-0.39, 0.29) is 5.91 Å². The standard InChI is InChI=1S/C7H14N2O.C2H6/c1-4-5-6-8-9(3)7(2)10;1-2/h6H,4-5H2,1-3H3;1-2H3/b8-6-;. The Morgan fingerprint density at radius 2 is 2.00 bits per heavy atom. The van der Waals surface area contributed by atoms with Gasteiger partial charge in [-0.2, -0.15) is 5.10 Å². The summed E-state index contributed by atoms with van der Waals surface area (Å²) in [6, 6.07) is 0. The van der Waals surface area contributed by atoms with Gasteiger partial charge in [0.2, 0.25) is 5.91 Å². The van der Waals surface area contributed by atoms with Crippen LogP contribution in [0.3, 0.4) is 0 Å². The molecular formula is C9H20N2O. The van der Waals surface area contributed by atoms with Crippen molar-refractivity contribution < 1.29 is 4.79 Å². The van der Waals surface area contributed by atoms with Crippen molar-refractivity contribution in [3.63, 3.8) is 0 Å². The summed E-state index contributed by atoms with van der Waals surface area (Å²) >= 11 is 0. The van der Waals surface area contributed by atoms with E-state index in [1.54, 1.807) is 13.3 Å². The number of carbonyl (C=O) groups excluding carboxylic acids is 1. The fourth-order valence-corrected chi connectivity index (χ4v) is 0.391. The van der Waals surface area contributed by atoms with Gasteiger partial charge in [-0.1, -0.05) is 27.2 Å². The summed E-state index contributed by atoms with van der Waals surface area (Å²) in [6.07, 6.45) is 3.74. The lowest BCUT2D eigenvalue weighted by Crippen LogP contribution is -2.16. The number of hydrazone groups is 1. The molecule has 0 fully saturated rings. The van der Waals surface area contributed by atoms with Gasteiger partial charge in [0.25, 0.3) is 0 Å². The third kappa shape index (κ3) is 9.14. The molecule has 0 aromatic carbocycles. The van der Waals surface area contributed by atoms with E-state index in [1.807, 2.05) is 13.8 Å². The maximum absolute atomic E-state index is 10.6. The molecule has 3 heteroatoms. The predicted octanol–water partition coefficient (Wildman–Crippen LogP) is 2.28. The zero-order valence-corrected chi connectivity index (χ0v) is 8.79. The van der Waals surface area contributed by atoms with E-state index in [2.05, 4.69) is 12.0 Å². The Balaban J connectivity index is 0. The molecule has 0 aliphatic heterocycles. The molecule has 0 unspecified atom stereocenters. The molecule has 0 aromatic rings. The van der Waals surface area contributed by atoms with Crippen LogP contribution in [0.5, 0.6) is 0 Å². The molecule has 0 bridgehead atoms. The van der Waals surface area contributed by atoms with E-state index >= 15 is 0 Å². The lowest BCUT2D eigenvalue weighted by atomic mass is 10.4. The van der Waals surface area contributed by atoms with Crippen molar-refractivity contribution in [2.75, 3.05) is 7.05 Å². The van der Waals surface area contributed by atoms with Crippen LogP contribution in [0.1, 0.15) is 40.5 Å². The average Bonchev–Trinajstić information content (AvgIpc) is 2.08. The first-order valence-corrected chi connectivity index (χ1v) is 4.45. The molecule has 1 amide bonds. The largest absolute Gasteiger partial charge is 0.273 e. The molecule has 0 N–H and O–H groups in total. The van der Waals surface area contributed by atoms with Crippen LogP contribution in [0.25, 0.3) is 0 Å². The molecule has 0 atom stereocenters. The van der Waals surface area contributed by atoms with E-state index in [9.17, 15) is 4.79 Å². The van der Waals surface area contributed by atoms with E-state index < -0.39 is 0 Å². The summed E-state index contributed by atoms with van der Waals surface area (Å²) in [5.74, 6) is -0.0349. The van der Waals surface area contributed by atoms with Crippen molar-refractivity contribution >= 4 is 12.1 Å². The van der Waals surface area contributed by atoms with E-state index in [1.165, 1.54) is 11.9 Å². The first-order chi connectivity index (χ1) is 5.68. The number of amides is 1. The smallest absolute Gasteiger partial charge is 0.239 e. The van der Waals surface area contributed by atoms with Gasteiger partial charge in [0.15, 0.2) is 0 Å². The number of nitrogens with zero attached hydrogens (tertiary/aromatic N) is 2. The van der Waals surface area contributed by atoms with Crippen LogP contribution in [-0.2, 0) is 4.79 Å². The Morgan fingerprint density at radius 3 is 2.33 bits per heavy atom. The second-order valence-electron chi connectivity index (χ2n) is 2.13. The summed E-state index contributed by atoms with van der Waals surface area (Å²) in [7, 11) is 1.65. The fraction of sp³-hybridized carbons (Fsp3) is 0.778. The van der Waals surface area contributed by atoms with Crippen LogP contribution in [-0.4, -0.2) is 24.2 Å². The topological polar surface area (TPSA) is 32.7 Å². The molecule has 0 saturated carbocycles. The van der Waals surface area contributed by atoms with Crippen LogP contribution in [0.4, 0.5) is 0 Å². The number of rotatable bonds is 3. The highest BCUT2D eigenvalue weighted by molar-refractivity contribution is 5.73. The summed E-state index contributed by atoms with van der Waals surface area (Å²) in [5, 5.41) is 5.20. The van der Waals surface area contributed by atoms with E-state index in [0.29, 0.717) is 0 Å². The molecule has 0 spiro atoms. The molecular weight excluding hydrogens is 152 g/mol. The van der Waals surface area contributed by atoms with Crippen LogP contribution in [0.15, 0.2) is 5.10 Å². The maximum atomic E-state index is 10.6. The minimum Gasteiger partial charge on any atom is -0.273 e. The molecule has 72 valence electrons. The number of unbranched alkanes of at least 4 members (excludes halogenated alkanes) is 1. The summed E-state index contributed by atoms with van der Waals surface area (Å²) in [6.45, 7) is 7.56. The number of hydrogen-bond acceptors (Lipinski definition) is 2. The number of carbonyl (C=O) groups is 1. The van der Waals surface area contributed by atoms with E-state index in [4.69, 9.17) is 0 Å². The lowest BCUT2D eigenvalue weighted by Gasteiger charge is -2.05. The molecule has 0 radical (unpaired) electrons. The van der Waals surface area contributed by atoms with E-state index in [0.717, 1.165) is 12.8 Å². The van der Waals surface area contributed by atoms with Crippen molar-refractivity contribution in [1.82, 2.24) is 5.01 Å². The van der Waals surface area contributed by atoms with Gasteiger partial charge >= 0.3 is 0 Å². The summed E-state index contributed by atoms with van der Waals surface area (Å²) in [4.78, 5) is 10.6. The summed E-state index contributed by atoms with van der Waals surface area (Å²) in [5.41, 5.74) is 0. The van der Waals surface area contributed by atoms with Crippen molar-refractivity contribution in [2.45, 2.75) is 40.5 Å². The normalized spacial score (nSPS) is 9.08. The van der Waals surface area contributed by atoms with Crippen molar-refractivity contribution in [3.8, 4) is 0 Å². The summed E-state index contributed by atoms with van der Waals surface area (Å²) < 4.78 is 0. The Bertz CT molecular complexity index is 132. The van der Waals surface area contributed by atoms with Crippen LogP contribution in [0.2, 0.25) is 0 Å². The Hall–Kier alpha value is -0.860. The van der Waals surface area contributed by atoms with Gasteiger partial charge < -0.3 is 0 Å². The molecule has 0 aliphatic rings. The fourth-order valence-electron chi connectivity index (χ4n) is 0.391. The van der Waals surface area contributed by atoms with Crippen molar-refractivity contribution in [2.24, 2.45) is 5.10 Å². The van der Waals surface area contributed by atoms with Gasteiger partial charge in [0.05, 0.1) is 0 Å². The quantitative estimate of drug-likeness (QED) is 0.475. The minimum absolute atomic E-state index is 0.0349. The van der Waals surface area contributed by atoms with Crippen LogP contribution >= 0.6 is 0 Å². The zero-order valence-electron chi connectivity index (χ0n) is 8.79. The lowest BCUT2D eigenvalue weighted by molar-refractivity contribution is -0.127. The minimum atomic E-state index is -0.0349. The zero-order chi connectivity index (χ0) is 9.98. The molecule has 0 heterocycles. The van der Waals surface area contributed by atoms with Gasteiger partial charge in [0, 0.05) is 20.2 Å². The highest BCUT2D eigenvalue weighted by Crippen LogP contribution is 1.85. The highest BCUT2D eigenvalue weighted by atomic mass is 16.2. The van der Waals surface area contributed by atoms with Crippen LogP contribution < -0.4 is 0 Å². The SMILES string of the molecule is CC.CCC/C=N\N(C)C(C)=O. The third-order valence-electron chi connectivity index (χ3n) is 1.13. The van der Waals surface area contributed by atoms with Crippen LogP contribution in [0, 0.1) is 0 Å². The molecule has 12 heavy (non-hydrogen) atoms. The molecule has 0 rings (SSSR count). The second kappa shape index (κ2) is 10.1.